The lowest BCUT2D eigenvalue weighted by molar-refractivity contribution is -0.131. The maximum atomic E-state index is 12.3. The van der Waals surface area contributed by atoms with Gasteiger partial charge in [-0.1, -0.05) is 39.0 Å². The molecule has 0 bridgehead atoms. The van der Waals surface area contributed by atoms with Gasteiger partial charge in [-0.25, -0.2) is 0 Å². The fourth-order valence-corrected chi connectivity index (χ4v) is 3.09. The van der Waals surface area contributed by atoms with Gasteiger partial charge in [0, 0.05) is 23.4 Å². The number of hydrogen-bond donors (Lipinski definition) is 1. The zero-order chi connectivity index (χ0) is 17.5. The molecule has 1 aromatic heterocycles. The van der Waals surface area contributed by atoms with Crippen molar-refractivity contribution in [2.45, 2.75) is 65.7 Å². The van der Waals surface area contributed by atoms with Crippen molar-refractivity contribution in [3.8, 4) is 5.75 Å². The van der Waals surface area contributed by atoms with Crippen LogP contribution in [0.1, 0.15) is 63.5 Å². The fraction of sp³-hybridized carbons (Fsp3) is 0.500. The van der Waals surface area contributed by atoms with E-state index in [9.17, 15) is 9.59 Å². The Kier molecular flexibility index (Phi) is 6.59. The van der Waals surface area contributed by atoms with Crippen molar-refractivity contribution in [3.63, 3.8) is 0 Å². The first-order valence-electron chi connectivity index (χ1n) is 8.87. The topological polar surface area (TPSA) is 59.2 Å². The van der Waals surface area contributed by atoms with Crippen LogP contribution in [0.15, 0.2) is 23.0 Å². The number of rotatable bonds is 8. The Balaban J connectivity index is 2.17. The predicted molar refractivity (Wildman–Crippen MR) is 97.7 cm³/mol. The highest BCUT2D eigenvalue weighted by Gasteiger charge is 2.10. The maximum absolute atomic E-state index is 12.3. The second-order valence-electron chi connectivity index (χ2n) is 6.38. The van der Waals surface area contributed by atoms with Crippen molar-refractivity contribution in [1.29, 1.82) is 0 Å². The minimum Gasteiger partial charge on any atom is -0.427 e. The fourth-order valence-electron chi connectivity index (χ4n) is 3.09. The summed E-state index contributed by atoms with van der Waals surface area (Å²) in [5, 5.41) is 0.939. The van der Waals surface area contributed by atoms with Gasteiger partial charge >= 0.3 is 5.97 Å². The Hall–Kier alpha value is -2.10. The van der Waals surface area contributed by atoms with Gasteiger partial charge in [-0.2, -0.15) is 0 Å². The molecule has 0 saturated carbocycles. The molecule has 0 atom stereocenters. The van der Waals surface area contributed by atoms with Crippen molar-refractivity contribution >= 4 is 16.9 Å². The summed E-state index contributed by atoms with van der Waals surface area (Å²) in [6.07, 6.45) is 8.01. The molecular weight excluding hydrogens is 302 g/mol. The third-order valence-electron chi connectivity index (χ3n) is 4.41. The average molecular weight is 329 g/mol. The van der Waals surface area contributed by atoms with Gasteiger partial charge in [0.25, 0.3) is 5.56 Å². The van der Waals surface area contributed by atoms with Gasteiger partial charge in [-0.05, 0) is 43.5 Å². The third-order valence-corrected chi connectivity index (χ3v) is 4.41. The van der Waals surface area contributed by atoms with Gasteiger partial charge < -0.3 is 9.72 Å². The molecule has 0 aliphatic carbocycles. The lowest BCUT2D eigenvalue weighted by Crippen LogP contribution is -2.15. The van der Waals surface area contributed by atoms with E-state index in [1.807, 2.05) is 13.0 Å². The van der Waals surface area contributed by atoms with E-state index in [4.69, 9.17) is 4.74 Å². The van der Waals surface area contributed by atoms with Crippen LogP contribution in [0.25, 0.3) is 10.9 Å². The molecule has 130 valence electrons. The minimum atomic E-state index is -0.344. The first kappa shape index (κ1) is 18.2. The van der Waals surface area contributed by atoms with Gasteiger partial charge in [0.1, 0.15) is 5.75 Å². The van der Waals surface area contributed by atoms with Gasteiger partial charge in [0.15, 0.2) is 0 Å². The van der Waals surface area contributed by atoms with Crippen LogP contribution in [0.4, 0.5) is 0 Å². The second-order valence-corrected chi connectivity index (χ2v) is 6.38. The molecule has 4 nitrogen and oxygen atoms in total. The van der Waals surface area contributed by atoms with E-state index < -0.39 is 0 Å². The van der Waals surface area contributed by atoms with Crippen LogP contribution in [-0.2, 0) is 11.2 Å². The molecular formula is C20H27NO3. The number of H-pyrrole nitrogens is 1. The first-order chi connectivity index (χ1) is 11.5. The summed E-state index contributed by atoms with van der Waals surface area (Å²) >= 11 is 0. The predicted octanol–water partition coefficient (Wildman–Crippen LogP) is 4.66. The van der Waals surface area contributed by atoms with E-state index in [0.29, 0.717) is 5.75 Å². The molecule has 1 aromatic carbocycles. The Labute approximate surface area is 143 Å². The normalized spacial score (nSPS) is 11.0. The number of esters is 1. The van der Waals surface area contributed by atoms with Crippen LogP contribution in [0.3, 0.4) is 0 Å². The van der Waals surface area contributed by atoms with Crippen molar-refractivity contribution in [2.24, 2.45) is 0 Å². The van der Waals surface area contributed by atoms with E-state index in [2.05, 4.69) is 11.9 Å². The molecule has 0 aliphatic rings. The number of benzene rings is 1. The molecule has 0 amide bonds. The van der Waals surface area contributed by atoms with Crippen molar-refractivity contribution in [1.82, 2.24) is 4.98 Å². The number of pyridine rings is 1. The van der Waals surface area contributed by atoms with Crippen LogP contribution in [0.5, 0.6) is 5.75 Å². The maximum Gasteiger partial charge on any atom is 0.308 e. The second kappa shape index (κ2) is 8.67. The third kappa shape index (κ3) is 4.70. The Morgan fingerprint density at radius 2 is 1.83 bits per heavy atom. The summed E-state index contributed by atoms with van der Waals surface area (Å²) in [6.45, 7) is 5.57. The van der Waals surface area contributed by atoms with E-state index in [1.54, 1.807) is 12.1 Å². The number of aromatic nitrogens is 1. The highest BCUT2D eigenvalue weighted by atomic mass is 16.5. The summed E-state index contributed by atoms with van der Waals surface area (Å²) in [6, 6.07) is 5.32. The first-order valence-corrected chi connectivity index (χ1v) is 8.87. The molecule has 0 spiro atoms. The minimum absolute atomic E-state index is 0.00575. The van der Waals surface area contributed by atoms with E-state index in [0.717, 1.165) is 41.3 Å². The largest absolute Gasteiger partial charge is 0.427 e. The quantitative estimate of drug-likeness (QED) is 0.435. The number of aryl methyl sites for hydroxylation is 1. The average Bonchev–Trinajstić information content (AvgIpc) is 2.53. The lowest BCUT2D eigenvalue weighted by atomic mass is 9.99. The molecule has 0 unspecified atom stereocenters. The number of hydrogen-bond acceptors (Lipinski definition) is 3. The smallest absolute Gasteiger partial charge is 0.308 e. The highest BCUT2D eigenvalue weighted by molar-refractivity contribution is 5.85. The number of nitrogens with one attached hydrogen (secondary N) is 1. The van der Waals surface area contributed by atoms with Crippen LogP contribution in [0.2, 0.25) is 0 Å². The van der Waals surface area contributed by atoms with E-state index in [-0.39, 0.29) is 11.5 Å². The van der Waals surface area contributed by atoms with Crippen molar-refractivity contribution in [2.75, 3.05) is 0 Å². The Morgan fingerprint density at radius 3 is 2.54 bits per heavy atom. The van der Waals surface area contributed by atoms with Gasteiger partial charge in [-0.15, -0.1) is 0 Å². The van der Waals surface area contributed by atoms with Gasteiger partial charge in [0.05, 0.1) is 0 Å². The molecule has 2 aromatic rings. The van der Waals surface area contributed by atoms with Crippen LogP contribution in [0, 0.1) is 6.92 Å². The number of ether oxygens (including phenoxy) is 1. The number of carbonyl (C=O) groups excluding carboxylic acids is 1. The highest BCUT2D eigenvalue weighted by Crippen LogP contribution is 2.24. The zero-order valence-electron chi connectivity index (χ0n) is 14.9. The molecule has 2 rings (SSSR count). The van der Waals surface area contributed by atoms with Crippen molar-refractivity contribution < 1.29 is 9.53 Å². The van der Waals surface area contributed by atoms with Gasteiger partial charge in [0.2, 0.25) is 0 Å². The summed E-state index contributed by atoms with van der Waals surface area (Å²) in [5.41, 5.74) is 2.60. The standard InChI is InChI=1S/C20H27NO3/c1-4-5-6-7-8-9-10-17-14(2)18-13-16(24-15(3)22)11-12-19(18)21-20(17)23/h11-13H,4-10H2,1-3H3,(H,21,23). The van der Waals surface area contributed by atoms with Crippen LogP contribution in [-0.4, -0.2) is 11.0 Å². The molecule has 1 N–H and O–H groups in total. The monoisotopic (exact) mass is 329 g/mol. The number of fused-ring (bicyclic) bond motifs is 1. The summed E-state index contributed by atoms with van der Waals surface area (Å²) in [5.74, 6) is 0.166. The van der Waals surface area contributed by atoms with Crippen LogP contribution >= 0.6 is 0 Å². The van der Waals surface area contributed by atoms with E-state index >= 15 is 0 Å². The number of aromatic amines is 1. The zero-order valence-corrected chi connectivity index (χ0v) is 14.9. The SMILES string of the molecule is CCCCCCCCc1c(C)c2cc(OC(C)=O)ccc2[nH]c1=O. The Bertz CT molecular complexity index is 761. The molecule has 0 fully saturated rings. The van der Waals surface area contributed by atoms with Crippen molar-refractivity contribution in [3.05, 3.63) is 39.7 Å². The molecule has 4 heteroatoms. The number of carbonyl (C=O) groups is 1. The van der Waals surface area contributed by atoms with Gasteiger partial charge in [-0.3, -0.25) is 9.59 Å². The summed E-state index contributed by atoms with van der Waals surface area (Å²) < 4.78 is 5.15. The molecule has 0 saturated heterocycles. The number of unbranched alkanes of at least 4 members (excludes halogenated alkanes) is 5. The molecule has 0 aliphatic heterocycles. The van der Waals surface area contributed by atoms with Crippen LogP contribution < -0.4 is 10.3 Å². The summed E-state index contributed by atoms with van der Waals surface area (Å²) in [7, 11) is 0. The molecule has 1 heterocycles. The van der Waals surface area contributed by atoms with E-state index in [1.165, 1.54) is 32.6 Å². The molecule has 0 radical (unpaired) electrons. The lowest BCUT2D eigenvalue weighted by Gasteiger charge is -2.10. The Morgan fingerprint density at radius 1 is 1.12 bits per heavy atom. The molecule has 24 heavy (non-hydrogen) atoms. The summed E-state index contributed by atoms with van der Waals surface area (Å²) in [4.78, 5) is 26.4.